The first-order valence-corrected chi connectivity index (χ1v) is 10.9. The third-order valence-electron chi connectivity index (χ3n) is 6.38. The van der Waals surface area contributed by atoms with Crippen molar-refractivity contribution in [3.05, 3.63) is 63.7 Å². The minimum Gasteiger partial charge on any atom is -0.360 e. The maximum absolute atomic E-state index is 13.0. The first-order chi connectivity index (χ1) is 14.7. The molecule has 1 saturated heterocycles. The summed E-state index contributed by atoms with van der Waals surface area (Å²) in [6, 6.07) is 9.68. The topological polar surface area (TPSA) is 74.2 Å². The summed E-state index contributed by atoms with van der Waals surface area (Å²) in [5, 5.41) is 5.59. The van der Waals surface area contributed by atoms with E-state index in [9.17, 15) is 9.59 Å². The molecule has 2 aromatic heterocycles. The molecule has 0 atom stereocenters. The largest absolute Gasteiger partial charge is 0.360 e. The van der Waals surface area contributed by atoms with Gasteiger partial charge in [0.1, 0.15) is 0 Å². The predicted molar refractivity (Wildman–Crippen MR) is 116 cm³/mol. The van der Waals surface area contributed by atoms with E-state index < -0.39 is 0 Å². The molecule has 0 bridgehead atoms. The number of rotatable bonds is 4. The van der Waals surface area contributed by atoms with Crippen LogP contribution in [-0.4, -0.2) is 63.2 Å². The molecular formula is C23H27N5O2. The number of nitrogens with one attached hydrogen (secondary N) is 1. The van der Waals surface area contributed by atoms with Crippen molar-refractivity contribution in [2.45, 2.75) is 32.2 Å². The molecule has 0 spiro atoms. The number of carbonyl (C=O) groups is 1. The molecule has 30 heavy (non-hydrogen) atoms. The molecule has 5 rings (SSSR count). The molecule has 1 aliphatic heterocycles. The molecule has 0 unspecified atom stereocenters. The zero-order valence-corrected chi connectivity index (χ0v) is 17.1. The second kappa shape index (κ2) is 8.07. The molecule has 0 radical (unpaired) electrons. The quantitative estimate of drug-likeness (QED) is 0.721. The molecule has 7 heteroatoms. The second-order valence-corrected chi connectivity index (χ2v) is 8.27. The van der Waals surface area contributed by atoms with Crippen molar-refractivity contribution in [3.8, 4) is 0 Å². The van der Waals surface area contributed by atoms with E-state index in [1.807, 2.05) is 35.4 Å². The van der Waals surface area contributed by atoms with Gasteiger partial charge in [-0.05, 0) is 37.3 Å². The number of H-pyrrole nitrogens is 1. The van der Waals surface area contributed by atoms with Gasteiger partial charge in [0.05, 0.1) is 17.8 Å². The van der Waals surface area contributed by atoms with E-state index in [0.717, 1.165) is 73.0 Å². The number of aromatic amines is 1. The second-order valence-electron chi connectivity index (χ2n) is 8.27. The zero-order chi connectivity index (χ0) is 20.5. The summed E-state index contributed by atoms with van der Waals surface area (Å²) in [5.74, 6) is 0.0830. The number of hydrogen-bond acceptors (Lipinski definition) is 4. The summed E-state index contributed by atoms with van der Waals surface area (Å²) in [6.07, 6.45) is 6.08. The van der Waals surface area contributed by atoms with Crippen molar-refractivity contribution in [1.82, 2.24) is 24.6 Å². The Bertz CT molecular complexity index is 1120. The van der Waals surface area contributed by atoms with Gasteiger partial charge in [0.2, 0.25) is 0 Å². The molecule has 1 amide bonds. The zero-order valence-electron chi connectivity index (χ0n) is 17.1. The monoisotopic (exact) mass is 405 g/mol. The summed E-state index contributed by atoms with van der Waals surface area (Å²) in [6.45, 7) is 4.40. The van der Waals surface area contributed by atoms with Crippen LogP contribution in [0.25, 0.3) is 10.9 Å². The molecule has 3 aromatic rings. The van der Waals surface area contributed by atoms with E-state index in [1.165, 1.54) is 0 Å². The lowest BCUT2D eigenvalue weighted by Crippen LogP contribution is -2.49. The Morgan fingerprint density at radius 1 is 1.03 bits per heavy atom. The molecule has 3 heterocycles. The van der Waals surface area contributed by atoms with Gasteiger partial charge in [-0.2, -0.15) is 5.10 Å². The van der Waals surface area contributed by atoms with Crippen LogP contribution in [0.5, 0.6) is 0 Å². The fourth-order valence-electron chi connectivity index (χ4n) is 4.59. The number of fused-ring (bicyclic) bond motifs is 2. The van der Waals surface area contributed by atoms with Crippen molar-refractivity contribution in [2.75, 3.05) is 32.7 Å². The van der Waals surface area contributed by atoms with Gasteiger partial charge in [-0.15, -0.1) is 0 Å². The normalized spacial score (nSPS) is 17.3. The van der Waals surface area contributed by atoms with Gasteiger partial charge in [-0.1, -0.05) is 18.2 Å². The summed E-state index contributed by atoms with van der Waals surface area (Å²) in [7, 11) is 0. The van der Waals surface area contributed by atoms with E-state index in [1.54, 1.807) is 10.7 Å². The highest BCUT2D eigenvalue weighted by atomic mass is 16.2. The number of carbonyl (C=O) groups excluding carboxylic acids is 1. The summed E-state index contributed by atoms with van der Waals surface area (Å²) in [5.41, 5.74) is 3.96. The van der Waals surface area contributed by atoms with Crippen molar-refractivity contribution < 1.29 is 4.79 Å². The maximum Gasteiger partial charge on any atom is 0.267 e. The smallest absolute Gasteiger partial charge is 0.267 e. The van der Waals surface area contributed by atoms with Crippen LogP contribution in [0.3, 0.4) is 0 Å². The Hall–Kier alpha value is -2.93. The van der Waals surface area contributed by atoms with Crippen molar-refractivity contribution in [2.24, 2.45) is 0 Å². The number of amides is 1. The molecule has 1 N–H and O–H groups in total. The fraction of sp³-hybridized carbons (Fsp3) is 0.435. The Kier molecular flexibility index (Phi) is 5.12. The van der Waals surface area contributed by atoms with Gasteiger partial charge in [0.15, 0.2) is 0 Å². The van der Waals surface area contributed by atoms with E-state index in [4.69, 9.17) is 0 Å². The lowest BCUT2D eigenvalue weighted by atomic mass is 9.97. The molecule has 1 aliphatic carbocycles. The number of benzene rings is 1. The van der Waals surface area contributed by atoms with Crippen LogP contribution in [0, 0.1) is 0 Å². The summed E-state index contributed by atoms with van der Waals surface area (Å²) in [4.78, 5) is 32.8. The predicted octanol–water partition coefficient (Wildman–Crippen LogP) is 2.06. The first kappa shape index (κ1) is 19.1. The molecule has 2 aliphatic rings. The molecule has 1 aromatic carbocycles. The van der Waals surface area contributed by atoms with E-state index in [2.05, 4.69) is 15.0 Å². The maximum atomic E-state index is 13.0. The third kappa shape index (κ3) is 3.65. The van der Waals surface area contributed by atoms with Gasteiger partial charge >= 0.3 is 0 Å². The van der Waals surface area contributed by atoms with Crippen LogP contribution in [0.1, 0.15) is 34.5 Å². The SMILES string of the molecule is O=C(c1c[nH]c2ccccc12)N1CCN(CCn2nc3c(cc2=O)CCCC3)CC1. The molecule has 0 saturated carbocycles. The van der Waals surface area contributed by atoms with E-state index >= 15 is 0 Å². The van der Waals surface area contributed by atoms with E-state index in [-0.39, 0.29) is 11.5 Å². The highest BCUT2D eigenvalue weighted by Gasteiger charge is 2.24. The Labute approximate surface area is 175 Å². The number of para-hydroxylation sites is 1. The molecule has 156 valence electrons. The van der Waals surface area contributed by atoms with Crippen molar-refractivity contribution >= 4 is 16.8 Å². The Morgan fingerprint density at radius 2 is 1.83 bits per heavy atom. The van der Waals surface area contributed by atoms with Crippen LogP contribution < -0.4 is 5.56 Å². The lowest BCUT2D eigenvalue weighted by molar-refractivity contribution is 0.0633. The van der Waals surface area contributed by atoms with Crippen molar-refractivity contribution in [1.29, 1.82) is 0 Å². The minimum absolute atomic E-state index is 0.00352. The number of aromatic nitrogens is 3. The van der Waals surface area contributed by atoms with Crippen LogP contribution in [0.4, 0.5) is 0 Å². The van der Waals surface area contributed by atoms with Crippen LogP contribution >= 0.6 is 0 Å². The summed E-state index contributed by atoms with van der Waals surface area (Å²) >= 11 is 0. The first-order valence-electron chi connectivity index (χ1n) is 10.9. The minimum atomic E-state index is 0.00352. The average molecular weight is 406 g/mol. The van der Waals surface area contributed by atoms with Gasteiger partial charge in [-0.3, -0.25) is 14.5 Å². The molecule has 7 nitrogen and oxygen atoms in total. The lowest BCUT2D eigenvalue weighted by Gasteiger charge is -2.34. The fourth-order valence-corrected chi connectivity index (χ4v) is 4.59. The summed E-state index contributed by atoms with van der Waals surface area (Å²) < 4.78 is 1.62. The highest BCUT2D eigenvalue weighted by molar-refractivity contribution is 6.06. The average Bonchev–Trinajstić information content (AvgIpc) is 3.22. The third-order valence-corrected chi connectivity index (χ3v) is 6.38. The van der Waals surface area contributed by atoms with Gasteiger partial charge in [0, 0.05) is 55.9 Å². The Morgan fingerprint density at radius 3 is 2.70 bits per heavy atom. The van der Waals surface area contributed by atoms with Gasteiger partial charge < -0.3 is 9.88 Å². The number of hydrogen-bond donors (Lipinski definition) is 1. The number of aryl methyl sites for hydroxylation is 2. The molecular weight excluding hydrogens is 378 g/mol. The van der Waals surface area contributed by atoms with Crippen LogP contribution in [0.15, 0.2) is 41.3 Å². The van der Waals surface area contributed by atoms with E-state index in [0.29, 0.717) is 19.6 Å². The Balaban J connectivity index is 1.19. The molecule has 1 fully saturated rings. The van der Waals surface area contributed by atoms with Crippen LogP contribution in [0.2, 0.25) is 0 Å². The van der Waals surface area contributed by atoms with Crippen LogP contribution in [-0.2, 0) is 19.4 Å². The standard InChI is InChI=1S/C23H27N5O2/c29-22-15-17-5-1-3-7-20(17)25-28(22)14-11-26-9-12-27(13-10-26)23(30)19-16-24-21-8-4-2-6-18(19)21/h2,4,6,8,15-16,24H,1,3,5,7,9-14H2. The highest BCUT2D eigenvalue weighted by Crippen LogP contribution is 2.20. The van der Waals surface area contributed by atoms with Gasteiger partial charge in [-0.25, -0.2) is 4.68 Å². The number of nitrogens with zero attached hydrogens (tertiary/aromatic N) is 4. The number of piperazine rings is 1. The van der Waals surface area contributed by atoms with Gasteiger partial charge in [0.25, 0.3) is 11.5 Å². The van der Waals surface area contributed by atoms with Crippen molar-refractivity contribution in [3.63, 3.8) is 0 Å².